The van der Waals surface area contributed by atoms with E-state index >= 15 is 0 Å². The molecule has 0 atom stereocenters. The maximum Gasteiger partial charge on any atom is 0.326 e. The Labute approximate surface area is 90.3 Å². The van der Waals surface area contributed by atoms with Crippen LogP contribution in [0.5, 0.6) is 0 Å². The lowest BCUT2D eigenvalue weighted by Crippen LogP contribution is -2.10. The predicted molar refractivity (Wildman–Crippen MR) is 56.4 cm³/mol. The average Bonchev–Trinajstić information content (AvgIpc) is 2.18. The molecule has 0 saturated carbocycles. The summed E-state index contributed by atoms with van der Waals surface area (Å²) in [4.78, 5) is -0.142. The summed E-state index contributed by atoms with van der Waals surface area (Å²) in [5.41, 5.74) is 0. The molecule has 6 heteroatoms. The van der Waals surface area contributed by atoms with E-state index in [1.54, 1.807) is 6.07 Å². The first kappa shape index (κ1) is 12.2. The first-order chi connectivity index (χ1) is 6.87. The van der Waals surface area contributed by atoms with Crippen LogP contribution in [0.3, 0.4) is 0 Å². The van der Waals surface area contributed by atoms with Gasteiger partial charge in [-0.05, 0) is 18.2 Å². The number of alkyl halides is 2. The van der Waals surface area contributed by atoms with Crippen molar-refractivity contribution < 1.29 is 17.2 Å². The van der Waals surface area contributed by atoms with Crippen molar-refractivity contribution in [1.29, 1.82) is 0 Å². The second-order valence-corrected chi connectivity index (χ2v) is 6.52. The van der Waals surface area contributed by atoms with Gasteiger partial charge in [-0.15, -0.1) is 0 Å². The van der Waals surface area contributed by atoms with Gasteiger partial charge in [0.25, 0.3) is 0 Å². The van der Waals surface area contributed by atoms with E-state index in [4.69, 9.17) is 0 Å². The SMILES string of the molecule is C=CC(F)(F)SS(=O)(=O)c1ccccc1. The van der Waals surface area contributed by atoms with Crippen LogP contribution in [0.25, 0.3) is 0 Å². The van der Waals surface area contributed by atoms with Crippen molar-refractivity contribution in [3.63, 3.8) is 0 Å². The Morgan fingerprint density at radius 2 is 1.80 bits per heavy atom. The molecule has 0 aliphatic rings. The van der Waals surface area contributed by atoms with Crippen molar-refractivity contribution in [3.8, 4) is 0 Å². The molecule has 1 rings (SSSR count). The van der Waals surface area contributed by atoms with Crippen molar-refractivity contribution in [1.82, 2.24) is 0 Å². The summed E-state index contributed by atoms with van der Waals surface area (Å²) in [5.74, 6) is 0. The van der Waals surface area contributed by atoms with Gasteiger partial charge in [0.1, 0.15) is 0 Å². The van der Waals surface area contributed by atoms with Crippen LogP contribution >= 0.6 is 10.8 Å². The molecule has 0 aromatic heterocycles. The van der Waals surface area contributed by atoms with Crippen LogP contribution in [0.15, 0.2) is 47.9 Å². The topological polar surface area (TPSA) is 34.1 Å². The number of hydrogen-bond acceptors (Lipinski definition) is 3. The predicted octanol–water partition coefficient (Wildman–Crippen LogP) is 2.89. The summed E-state index contributed by atoms with van der Waals surface area (Å²) in [5, 5.41) is -3.48. The third-order valence-electron chi connectivity index (χ3n) is 1.49. The molecule has 82 valence electrons. The zero-order chi connectivity index (χ0) is 11.5. The molecular weight excluding hydrogens is 242 g/mol. The molecule has 0 saturated heterocycles. The van der Waals surface area contributed by atoms with Crippen LogP contribution in [0, 0.1) is 0 Å². The van der Waals surface area contributed by atoms with E-state index in [0.29, 0.717) is 6.08 Å². The van der Waals surface area contributed by atoms with Crippen LogP contribution in [0.1, 0.15) is 0 Å². The molecule has 0 aliphatic carbocycles. The van der Waals surface area contributed by atoms with Crippen molar-refractivity contribution in [2.24, 2.45) is 0 Å². The van der Waals surface area contributed by atoms with E-state index in [1.807, 2.05) is 0 Å². The summed E-state index contributed by atoms with van der Waals surface area (Å²) in [7, 11) is -4.46. The first-order valence-electron chi connectivity index (χ1n) is 3.89. The molecule has 0 unspecified atom stereocenters. The summed E-state index contributed by atoms with van der Waals surface area (Å²) < 4.78 is 48.5. The molecule has 0 fully saturated rings. The van der Waals surface area contributed by atoms with Crippen LogP contribution in [-0.4, -0.2) is 13.7 Å². The third kappa shape index (κ3) is 3.32. The minimum absolute atomic E-state index is 0.142. The second-order valence-electron chi connectivity index (χ2n) is 2.62. The molecule has 0 spiro atoms. The summed E-state index contributed by atoms with van der Waals surface area (Å²) in [6.07, 6.45) is 0.304. The molecule has 0 amide bonds. The van der Waals surface area contributed by atoms with Crippen LogP contribution in [0.2, 0.25) is 0 Å². The highest BCUT2D eigenvalue weighted by Crippen LogP contribution is 2.38. The number of hydrogen-bond donors (Lipinski definition) is 0. The first-order valence-corrected chi connectivity index (χ1v) is 6.71. The van der Waals surface area contributed by atoms with Gasteiger partial charge in [-0.2, -0.15) is 8.78 Å². The van der Waals surface area contributed by atoms with Crippen LogP contribution in [0.4, 0.5) is 8.78 Å². The number of benzene rings is 1. The number of halogens is 2. The highest BCUT2D eigenvalue weighted by atomic mass is 33.1. The minimum atomic E-state index is -4.03. The zero-order valence-corrected chi connectivity index (χ0v) is 9.19. The summed E-state index contributed by atoms with van der Waals surface area (Å²) >= 11 is 0. The van der Waals surface area contributed by atoms with E-state index in [0.717, 1.165) is 0 Å². The van der Waals surface area contributed by atoms with E-state index in [1.165, 1.54) is 24.3 Å². The van der Waals surface area contributed by atoms with Gasteiger partial charge in [-0.1, -0.05) is 24.8 Å². The van der Waals surface area contributed by atoms with E-state index < -0.39 is 24.9 Å². The zero-order valence-electron chi connectivity index (χ0n) is 7.56. The molecule has 0 heterocycles. The van der Waals surface area contributed by atoms with Gasteiger partial charge in [-0.3, -0.25) is 0 Å². The average molecular weight is 250 g/mol. The molecular formula is C9H8F2O2S2. The fourth-order valence-corrected chi connectivity index (χ4v) is 3.47. The van der Waals surface area contributed by atoms with Gasteiger partial charge in [0.2, 0.25) is 8.87 Å². The van der Waals surface area contributed by atoms with Crippen molar-refractivity contribution in [2.75, 3.05) is 0 Å². The maximum absolute atomic E-state index is 12.8. The molecule has 0 radical (unpaired) electrons. The monoisotopic (exact) mass is 250 g/mol. The van der Waals surface area contributed by atoms with Crippen molar-refractivity contribution >= 4 is 19.7 Å². The van der Waals surface area contributed by atoms with E-state index in [-0.39, 0.29) is 4.90 Å². The van der Waals surface area contributed by atoms with E-state index in [2.05, 4.69) is 6.58 Å². The summed E-state index contributed by atoms with van der Waals surface area (Å²) in [6, 6.07) is 7.08. The Morgan fingerprint density at radius 1 is 1.27 bits per heavy atom. The third-order valence-corrected chi connectivity index (χ3v) is 4.85. The van der Waals surface area contributed by atoms with Crippen LogP contribution < -0.4 is 0 Å². The Morgan fingerprint density at radius 3 is 2.27 bits per heavy atom. The van der Waals surface area contributed by atoms with Crippen LogP contribution in [-0.2, 0) is 8.87 Å². The molecule has 0 aliphatic heterocycles. The smallest absolute Gasteiger partial charge is 0.212 e. The van der Waals surface area contributed by atoms with Crippen molar-refractivity contribution in [3.05, 3.63) is 43.0 Å². The fraction of sp³-hybridized carbons (Fsp3) is 0.111. The molecule has 0 N–H and O–H groups in total. The second kappa shape index (κ2) is 4.32. The molecule has 1 aromatic rings. The lowest BCUT2D eigenvalue weighted by molar-refractivity contribution is 0.165. The highest BCUT2D eigenvalue weighted by molar-refractivity contribution is 8.72. The maximum atomic E-state index is 12.8. The van der Waals surface area contributed by atoms with Gasteiger partial charge in [-0.25, -0.2) is 8.42 Å². The van der Waals surface area contributed by atoms with Gasteiger partial charge in [0.15, 0.2) is 0 Å². The lowest BCUT2D eigenvalue weighted by atomic mass is 10.4. The number of rotatable bonds is 4. The van der Waals surface area contributed by atoms with E-state index in [9.17, 15) is 17.2 Å². The lowest BCUT2D eigenvalue weighted by Gasteiger charge is -2.10. The summed E-state index contributed by atoms with van der Waals surface area (Å²) in [6.45, 7) is 2.87. The quantitative estimate of drug-likeness (QED) is 0.608. The van der Waals surface area contributed by atoms with Gasteiger partial charge < -0.3 is 0 Å². The van der Waals surface area contributed by atoms with Gasteiger partial charge in [0, 0.05) is 0 Å². The molecule has 2 nitrogen and oxygen atoms in total. The Balaban J connectivity index is 3.01. The Kier molecular flexibility index (Phi) is 3.51. The Bertz CT molecular complexity index is 440. The Hall–Kier alpha value is -0.880. The minimum Gasteiger partial charge on any atom is -0.212 e. The van der Waals surface area contributed by atoms with Gasteiger partial charge >= 0.3 is 5.25 Å². The highest BCUT2D eigenvalue weighted by Gasteiger charge is 2.34. The fourth-order valence-electron chi connectivity index (χ4n) is 0.816. The normalized spacial score (nSPS) is 12.4. The molecule has 15 heavy (non-hydrogen) atoms. The largest absolute Gasteiger partial charge is 0.326 e. The van der Waals surface area contributed by atoms with Crippen molar-refractivity contribution in [2.45, 2.75) is 10.2 Å². The molecule has 1 aromatic carbocycles. The van der Waals surface area contributed by atoms with Gasteiger partial charge in [0.05, 0.1) is 15.7 Å². The molecule has 0 bridgehead atoms. The standard InChI is InChI=1S/C9H8F2O2S2/c1-2-9(10,11)14-15(12,13)8-6-4-3-5-7-8/h2-7H,1H2.